The highest BCUT2D eigenvalue weighted by molar-refractivity contribution is 5.95. The van der Waals surface area contributed by atoms with Gasteiger partial charge in [0.25, 0.3) is 0 Å². The number of amides is 11. The molecule has 462 valence electrons. The third-order valence-corrected chi connectivity index (χ3v) is 11.4. The summed E-state index contributed by atoms with van der Waals surface area (Å²) in [6.45, 7) is 6.16. The number of nitrogens with two attached hydrogens (primary N) is 2. The van der Waals surface area contributed by atoms with Crippen LogP contribution in [-0.2, 0) is 78.4 Å². The second-order valence-electron chi connectivity index (χ2n) is 18.2. The molecule has 0 saturated carbocycles. The Kier molecular flexibility index (Phi) is 33.8. The molecular weight excluding hydrogens is 1110 g/mol. The summed E-state index contributed by atoms with van der Waals surface area (Å²) in [5, 5.41) is 20.0. The SMILES string of the molecule is COC(=O)[C@H](C)NC(=O)[C@@H](C)NC(=O)[C@H](CCCCNC(=O)C(F)(F)F)NC(=O)CC[C@@H](C)C(N)=O.COC(=O)[C@H](C)NC(=O)[C@@H](C)NC(=O)[C@H](CCCCNC(=O)C(F)(F)F)NC(=O)CC[C@@H](NC(=O)OCc1ccccc1)C(N)=O. The van der Waals surface area contributed by atoms with Crippen LogP contribution in [0.5, 0.6) is 0 Å². The van der Waals surface area contributed by atoms with Gasteiger partial charge in [-0.25, -0.2) is 14.4 Å². The zero-order chi connectivity index (χ0) is 62.9. The molecule has 1 rings (SSSR count). The highest BCUT2D eigenvalue weighted by Crippen LogP contribution is 2.16. The fourth-order valence-electron chi connectivity index (χ4n) is 6.49. The Morgan fingerprint density at radius 2 is 0.866 bits per heavy atom. The van der Waals surface area contributed by atoms with Crippen LogP contribution in [0.25, 0.3) is 0 Å². The van der Waals surface area contributed by atoms with Gasteiger partial charge >= 0.3 is 42.2 Å². The summed E-state index contributed by atoms with van der Waals surface area (Å²) in [4.78, 5) is 155. The van der Waals surface area contributed by atoms with Gasteiger partial charge in [-0.05, 0) is 84.6 Å². The van der Waals surface area contributed by atoms with E-state index >= 15 is 0 Å². The predicted molar refractivity (Wildman–Crippen MR) is 274 cm³/mol. The van der Waals surface area contributed by atoms with Crippen LogP contribution >= 0.6 is 0 Å². The van der Waals surface area contributed by atoms with Crippen molar-refractivity contribution in [2.75, 3.05) is 27.3 Å². The molecule has 13 N–H and O–H groups in total. The van der Waals surface area contributed by atoms with Crippen molar-refractivity contribution in [3.63, 3.8) is 0 Å². The molecule has 0 radical (unpaired) electrons. The first-order valence-corrected chi connectivity index (χ1v) is 25.4. The number of carbonyl (C=O) groups excluding carboxylic acids is 13. The van der Waals surface area contributed by atoms with Crippen molar-refractivity contribution >= 4 is 77.1 Å². The van der Waals surface area contributed by atoms with Gasteiger partial charge in [-0.2, -0.15) is 26.3 Å². The number of benzene rings is 1. The van der Waals surface area contributed by atoms with Crippen molar-refractivity contribution in [3.05, 3.63) is 35.9 Å². The number of halogens is 6. The van der Waals surface area contributed by atoms with Crippen molar-refractivity contribution in [3.8, 4) is 0 Å². The summed E-state index contributed by atoms with van der Waals surface area (Å²) >= 11 is 0. The summed E-state index contributed by atoms with van der Waals surface area (Å²) < 4.78 is 88.0. The molecule has 0 spiro atoms. The van der Waals surface area contributed by atoms with Gasteiger partial charge in [-0.1, -0.05) is 37.3 Å². The topological polar surface area (TPSA) is 410 Å². The van der Waals surface area contributed by atoms with E-state index in [0.717, 1.165) is 14.2 Å². The smallest absolute Gasteiger partial charge is 0.467 e. The van der Waals surface area contributed by atoms with Gasteiger partial charge in [0.1, 0.15) is 48.9 Å². The van der Waals surface area contributed by atoms with E-state index in [-0.39, 0.29) is 77.5 Å². The maximum atomic E-state index is 13.0. The zero-order valence-corrected chi connectivity index (χ0v) is 46.2. The van der Waals surface area contributed by atoms with Gasteiger partial charge in [-0.15, -0.1) is 0 Å². The normalized spacial score (nSPS) is 13.9. The molecule has 11 amide bonds. The minimum absolute atomic E-state index is 0.00686. The Morgan fingerprint density at radius 3 is 1.23 bits per heavy atom. The number of ether oxygens (including phenoxy) is 3. The molecule has 0 heterocycles. The van der Waals surface area contributed by atoms with Crippen LogP contribution in [0.1, 0.15) is 104 Å². The second kappa shape index (κ2) is 37.6. The molecule has 0 saturated heterocycles. The van der Waals surface area contributed by atoms with Gasteiger partial charge in [-0.3, -0.25) is 47.9 Å². The summed E-state index contributed by atoms with van der Waals surface area (Å²) in [7, 11) is 2.26. The Hall–Kier alpha value is -8.29. The van der Waals surface area contributed by atoms with E-state index in [1.807, 2.05) is 0 Å². The number of esters is 2. The average Bonchev–Trinajstić information content (AvgIpc) is 3.40. The number of hydrogen-bond acceptors (Lipinski definition) is 16. The Morgan fingerprint density at radius 1 is 0.476 bits per heavy atom. The summed E-state index contributed by atoms with van der Waals surface area (Å²) in [5.41, 5.74) is 11.2. The molecule has 82 heavy (non-hydrogen) atoms. The summed E-state index contributed by atoms with van der Waals surface area (Å²) in [5.74, 6) is -12.2. The maximum Gasteiger partial charge on any atom is 0.471 e. The largest absolute Gasteiger partial charge is 0.471 e. The molecule has 0 bridgehead atoms. The molecule has 0 unspecified atom stereocenters. The monoisotopic (exact) mass is 1190 g/mol. The number of alkyl carbamates (subject to hydrolysis) is 1. The van der Waals surface area contributed by atoms with Crippen LogP contribution in [0.2, 0.25) is 0 Å². The van der Waals surface area contributed by atoms with E-state index in [1.54, 1.807) is 41.0 Å². The van der Waals surface area contributed by atoms with E-state index < -0.39 is 144 Å². The van der Waals surface area contributed by atoms with E-state index in [0.29, 0.717) is 5.56 Å². The summed E-state index contributed by atoms with van der Waals surface area (Å²) in [6, 6.07) is 0.619. The van der Waals surface area contributed by atoms with Gasteiger partial charge in [0.05, 0.1) is 14.2 Å². The average molecular weight is 1190 g/mol. The van der Waals surface area contributed by atoms with Crippen molar-refractivity contribution in [1.82, 2.24) is 47.9 Å². The highest BCUT2D eigenvalue weighted by atomic mass is 19.4. The fraction of sp³-hybridized carbons (Fsp3) is 0.612. The minimum Gasteiger partial charge on any atom is -0.467 e. The van der Waals surface area contributed by atoms with Crippen molar-refractivity contribution in [1.29, 1.82) is 0 Å². The van der Waals surface area contributed by atoms with Crippen molar-refractivity contribution in [2.24, 2.45) is 17.4 Å². The third-order valence-electron chi connectivity index (χ3n) is 11.4. The van der Waals surface area contributed by atoms with Gasteiger partial charge < -0.3 is 73.5 Å². The first-order valence-electron chi connectivity index (χ1n) is 25.4. The van der Waals surface area contributed by atoms with Crippen LogP contribution in [0.15, 0.2) is 30.3 Å². The Balaban J connectivity index is 0.00000165. The molecule has 8 atom stereocenters. The standard InChI is InChI=1S/C28H39F3N6O9.C21H34F3N5O7/c1-16(23(40)35-17(2)25(42)45-3)34-24(41)20(11-7-8-14-33-26(43)28(29,30)31)36-21(38)13-12-19(22(32)39)37-27(44)46-15-18-9-5-4-6-10-18;1-11(16(25)31)8-9-15(30)29-14(7-5-6-10-26-20(35)21(22,23)24)18(33)27-12(2)17(32)28-13(3)19(34)36-4/h4-6,9-10,16-17,19-20H,7-8,11-15H2,1-3H3,(H2,32,39)(H,33,43)(H,34,41)(H,35,40)(H,36,38)(H,37,44);11-14H,5-10H2,1-4H3,(H2,25,31)(H,26,35)(H,27,33)(H,28,32)(H,29,30)/t16-,17+,19-,20+;11-,12-,13+,14+/m11/s1. The molecular formula is C49H73F6N11O16. The zero-order valence-electron chi connectivity index (χ0n) is 46.2. The van der Waals surface area contributed by atoms with Crippen LogP contribution in [0.4, 0.5) is 31.1 Å². The number of hydrogen-bond donors (Lipinski definition) is 11. The molecule has 33 heteroatoms. The fourth-order valence-corrected chi connectivity index (χ4v) is 6.49. The van der Waals surface area contributed by atoms with E-state index in [1.165, 1.54) is 34.6 Å². The van der Waals surface area contributed by atoms with Gasteiger partial charge in [0.15, 0.2) is 0 Å². The lowest BCUT2D eigenvalue weighted by atomic mass is 10.0. The van der Waals surface area contributed by atoms with Gasteiger partial charge in [0.2, 0.25) is 47.3 Å². The first-order chi connectivity index (χ1) is 38.1. The first kappa shape index (κ1) is 73.7. The Labute approximate surface area is 467 Å². The lowest BCUT2D eigenvalue weighted by molar-refractivity contribution is -0.173. The van der Waals surface area contributed by atoms with Crippen molar-refractivity contribution < 1.29 is 103 Å². The molecule has 0 fully saturated rings. The number of carbonyl (C=O) groups is 13. The van der Waals surface area contributed by atoms with Crippen molar-refractivity contribution in [2.45, 2.75) is 160 Å². The van der Waals surface area contributed by atoms with Crippen LogP contribution in [0.3, 0.4) is 0 Å². The molecule has 0 aliphatic heterocycles. The maximum absolute atomic E-state index is 13.0. The molecule has 0 aromatic heterocycles. The molecule has 0 aliphatic rings. The number of primary amides is 2. The van der Waals surface area contributed by atoms with Crippen LogP contribution in [0, 0.1) is 5.92 Å². The highest BCUT2D eigenvalue weighted by Gasteiger charge is 2.39. The van der Waals surface area contributed by atoms with E-state index in [2.05, 4.69) is 46.7 Å². The third kappa shape index (κ3) is 31.5. The van der Waals surface area contributed by atoms with Crippen LogP contribution in [-0.4, -0.2) is 159 Å². The summed E-state index contributed by atoms with van der Waals surface area (Å²) in [6.07, 6.45) is -11.5. The van der Waals surface area contributed by atoms with Gasteiger partial charge in [0, 0.05) is 31.8 Å². The number of nitrogens with one attached hydrogen (secondary N) is 9. The number of alkyl halides is 6. The second-order valence-corrected chi connectivity index (χ2v) is 18.2. The number of methoxy groups -OCH3 is 2. The lowest BCUT2D eigenvalue weighted by Gasteiger charge is -2.22. The quantitative estimate of drug-likeness (QED) is 0.0182. The lowest BCUT2D eigenvalue weighted by Crippen LogP contribution is -2.54. The molecule has 1 aromatic rings. The molecule has 27 nitrogen and oxygen atoms in total. The van der Waals surface area contributed by atoms with Crippen LogP contribution < -0.4 is 59.3 Å². The molecule has 1 aromatic carbocycles. The minimum atomic E-state index is -5.06. The van der Waals surface area contributed by atoms with E-state index in [9.17, 15) is 88.7 Å². The molecule has 0 aliphatic carbocycles. The predicted octanol–water partition coefficient (Wildman–Crippen LogP) is -0.533. The Bertz CT molecular complexity index is 2330. The van der Waals surface area contributed by atoms with E-state index in [4.69, 9.17) is 16.2 Å². The number of rotatable bonds is 33. The number of unbranched alkanes of at least 4 members (excludes halogenated alkanes) is 2.